The van der Waals surface area contributed by atoms with Crippen molar-refractivity contribution >= 4 is 11.9 Å². The third-order valence-corrected chi connectivity index (χ3v) is 5.29. The molecule has 30 heavy (non-hydrogen) atoms. The molecule has 9 nitrogen and oxygen atoms in total. The van der Waals surface area contributed by atoms with Crippen LogP contribution in [0.4, 0.5) is 0 Å². The molecule has 0 aliphatic carbocycles. The van der Waals surface area contributed by atoms with E-state index in [1.54, 1.807) is 0 Å². The van der Waals surface area contributed by atoms with Gasteiger partial charge in [-0.05, 0) is 45.2 Å². The first-order chi connectivity index (χ1) is 14.5. The minimum atomic E-state index is -1.26. The maximum absolute atomic E-state index is 9.55. The van der Waals surface area contributed by atoms with Crippen LogP contribution in [0.2, 0.25) is 0 Å². The predicted molar refractivity (Wildman–Crippen MR) is 113 cm³/mol. The van der Waals surface area contributed by atoms with Gasteiger partial charge in [0.15, 0.2) is 0 Å². The van der Waals surface area contributed by atoms with Crippen molar-refractivity contribution in [3.8, 4) is 5.88 Å². The van der Waals surface area contributed by atoms with Crippen LogP contribution in [0.1, 0.15) is 38.3 Å². The average Bonchev–Trinajstić information content (AvgIpc) is 3.16. The zero-order valence-electron chi connectivity index (χ0n) is 17.8. The Bertz CT molecular complexity index is 656. The number of carboxylic acids is 2. The van der Waals surface area contributed by atoms with Crippen molar-refractivity contribution in [2.45, 2.75) is 45.6 Å². The number of aryl methyl sites for hydroxylation is 2. The largest absolute Gasteiger partial charge is 0.478 e. The lowest BCUT2D eigenvalue weighted by Gasteiger charge is -2.33. The molecule has 0 spiro atoms. The average molecular weight is 423 g/mol. The smallest absolute Gasteiger partial charge is 0.328 e. The van der Waals surface area contributed by atoms with Crippen LogP contribution < -0.4 is 4.74 Å². The fourth-order valence-corrected chi connectivity index (χ4v) is 3.55. The van der Waals surface area contributed by atoms with Crippen LogP contribution >= 0.6 is 0 Å². The minimum absolute atomic E-state index is 0.558. The van der Waals surface area contributed by atoms with Gasteiger partial charge in [-0.25, -0.2) is 9.59 Å². The first kappa shape index (κ1) is 23.9. The summed E-state index contributed by atoms with van der Waals surface area (Å²) in [5.41, 5.74) is 1.34. The quantitative estimate of drug-likeness (QED) is 0.458. The van der Waals surface area contributed by atoms with Crippen LogP contribution in [0, 0.1) is 0 Å². The van der Waals surface area contributed by atoms with E-state index in [4.69, 9.17) is 14.9 Å². The molecule has 9 heteroatoms. The summed E-state index contributed by atoms with van der Waals surface area (Å²) in [4.78, 5) is 24.2. The van der Waals surface area contributed by atoms with Crippen LogP contribution in [-0.4, -0.2) is 87.6 Å². The normalized spacial score (nSPS) is 17.2. The summed E-state index contributed by atoms with van der Waals surface area (Å²) in [6.45, 7) is 11.4. The van der Waals surface area contributed by atoms with Gasteiger partial charge in [0.2, 0.25) is 5.88 Å². The monoisotopic (exact) mass is 422 g/mol. The van der Waals surface area contributed by atoms with Gasteiger partial charge in [-0.1, -0.05) is 6.92 Å². The molecule has 1 fully saturated rings. The molecule has 1 aromatic rings. The van der Waals surface area contributed by atoms with Gasteiger partial charge in [0.25, 0.3) is 0 Å². The number of nitrogens with zero attached hydrogens (tertiary/aromatic N) is 4. The first-order valence-electron chi connectivity index (χ1n) is 10.8. The van der Waals surface area contributed by atoms with Crippen molar-refractivity contribution in [2.24, 2.45) is 0 Å². The Labute approximate surface area is 177 Å². The van der Waals surface area contributed by atoms with E-state index in [1.165, 1.54) is 64.2 Å². The molecule has 0 unspecified atom stereocenters. The number of piperazine rings is 1. The SMILES string of the molecule is CCN1CCN(CCCCOc2cc3n(n2)CCCC3)CC1.O=C(O)C=CC(=O)O. The van der Waals surface area contributed by atoms with Crippen molar-refractivity contribution in [1.82, 2.24) is 19.6 Å². The highest BCUT2D eigenvalue weighted by molar-refractivity contribution is 5.89. The molecule has 0 bridgehead atoms. The molecular formula is C21H34N4O5. The number of hydrogen-bond acceptors (Lipinski definition) is 6. The molecule has 0 amide bonds. The number of aromatic nitrogens is 2. The second-order valence-corrected chi connectivity index (χ2v) is 7.50. The summed E-state index contributed by atoms with van der Waals surface area (Å²) in [5.74, 6) is -1.69. The zero-order valence-corrected chi connectivity index (χ0v) is 17.8. The summed E-state index contributed by atoms with van der Waals surface area (Å²) in [7, 11) is 0. The fourth-order valence-electron chi connectivity index (χ4n) is 3.55. The number of rotatable bonds is 9. The zero-order chi connectivity index (χ0) is 21.8. The Balaban J connectivity index is 0.000000343. The molecule has 3 rings (SSSR count). The number of unbranched alkanes of at least 4 members (excludes halogenated alkanes) is 1. The van der Waals surface area contributed by atoms with Gasteiger partial charge < -0.3 is 24.7 Å². The molecule has 0 aromatic carbocycles. The van der Waals surface area contributed by atoms with Gasteiger partial charge in [0.05, 0.1) is 6.61 Å². The van der Waals surface area contributed by atoms with Gasteiger partial charge in [0.1, 0.15) is 0 Å². The van der Waals surface area contributed by atoms with E-state index in [9.17, 15) is 9.59 Å². The molecule has 0 atom stereocenters. The van der Waals surface area contributed by atoms with E-state index in [0.29, 0.717) is 12.2 Å². The minimum Gasteiger partial charge on any atom is -0.478 e. The molecule has 168 valence electrons. The molecule has 2 N–H and O–H groups in total. The fraction of sp³-hybridized carbons (Fsp3) is 0.667. The standard InChI is InChI=1S/C17H30N4O.C4H4O4/c1-2-19-10-12-20(13-11-19)8-5-6-14-22-17-15-16-7-3-4-9-21(16)18-17;5-3(6)1-2-4(7)8/h15H,2-14H2,1H3;1-2H,(H,5,6)(H,7,8). The van der Waals surface area contributed by atoms with Gasteiger partial charge in [-0.3, -0.25) is 4.68 Å². The Hall–Kier alpha value is -2.39. The lowest BCUT2D eigenvalue weighted by Crippen LogP contribution is -2.46. The van der Waals surface area contributed by atoms with Gasteiger partial charge in [-0.15, -0.1) is 5.10 Å². The third kappa shape index (κ3) is 8.96. The lowest BCUT2D eigenvalue weighted by atomic mass is 10.1. The van der Waals surface area contributed by atoms with Crippen molar-refractivity contribution in [1.29, 1.82) is 0 Å². The van der Waals surface area contributed by atoms with E-state index in [-0.39, 0.29) is 0 Å². The number of likely N-dealkylation sites (N-methyl/N-ethyl adjacent to an activating group) is 1. The van der Waals surface area contributed by atoms with Crippen molar-refractivity contribution in [3.63, 3.8) is 0 Å². The first-order valence-corrected chi connectivity index (χ1v) is 10.8. The molecule has 0 saturated carbocycles. The van der Waals surface area contributed by atoms with Crippen LogP contribution in [0.5, 0.6) is 5.88 Å². The summed E-state index contributed by atoms with van der Waals surface area (Å²) in [6, 6.07) is 2.13. The highest BCUT2D eigenvalue weighted by Crippen LogP contribution is 2.19. The summed E-state index contributed by atoms with van der Waals surface area (Å²) in [6.07, 6.45) is 7.15. The van der Waals surface area contributed by atoms with E-state index < -0.39 is 11.9 Å². The van der Waals surface area contributed by atoms with E-state index in [0.717, 1.165) is 31.9 Å². The number of hydrogen-bond donors (Lipinski definition) is 2. The highest BCUT2D eigenvalue weighted by atomic mass is 16.5. The molecule has 3 heterocycles. The van der Waals surface area contributed by atoms with Gasteiger partial charge in [-0.2, -0.15) is 0 Å². The van der Waals surface area contributed by atoms with E-state index in [1.807, 2.05) is 0 Å². The van der Waals surface area contributed by atoms with Crippen molar-refractivity contribution in [3.05, 3.63) is 23.9 Å². The van der Waals surface area contributed by atoms with Gasteiger partial charge in [0, 0.05) is 56.6 Å². The van der Waals surface area contributed by atoms with Crippen molar-refractivity contribution in [2.75, 3.05) is 45.9 Å². The Morgan fingerprint density at radius 3 is 2.30 bits per heavy atom. The molecular weight excluding hydrogens is 388 g/mol. The highest BCUT2D eigenvalue weighted by Gasteiger charge is 2.15. The number of carboxylic acid groups (broad SMARTS) is 2. The molecule has 0 radical (unpaired) electrons. The second-order valence-electron chi connectivity index (χ2n) is 7.50. The van der Waals surface area contributed by atoms with Crippen molar-refractivity contribution < 1.29 is 24.5 Å². The third-order valence-electron chi connectivity index (χ3n) is 5.29. The van der Waals surface area contributed by atoms with Crippen LogP contribution in [0.25, 0.3) is 0 Å². The topological polar surface area (TPSA) is 108 Å². The lowest BCUT2D eigenvalue weighted by molar-refractivity contribution is -0.134. The maximum atomic E-state index is 9.55. The number of ether oxygens (including phenoxy) is 1. The Kier molecular flexibility index (Phi) is 10.4. The van der Waals surface area contributed by atoms with Crippen LogP contribution in [-0.2, 0) is 22.6 Å². The van der Waals surface area contributed by atoms with E-state index in [2.05, 4.69) is 32.6 Å². The molecule has 2 aliphatic heterocycles. The molecule has 2 aliphatic rings. The van der Waals surface area contributed by atoms with Crippen LogP contribution in [0.15, 0.2) is 18.2 Å². The van der Waals surface area contributed by atoms with Crippen LogP contribution in [0.3, 0.4) is 0 Å². The summed E-state index contributed by atoms with van der Waals surface area (Å²) >= 11 is 0. The number of carbonyl (C=O) groups is 2. The van der Waals surface area contributed by atoms with Gasteiger partial charge >= 0.3 is 11.9 Å². The summed E-state index contributed by atoms with van der Waals surface area (Å²) in [5, 5.41) is 20.2. The number of aliphatic carboxylic acids is 2. The van der Waals surface area contributed by atoms with E-state index >= 15 is 0 Å². The Morgan fingerprint density at radius 2 is 1.70 bits per heavy atom. The maximum Gasteiger partial charge on any atom is 0.328 e. The predicted octanol–water partition coefficient (Wildman–Crippen LogP) is 1.73. The molecule has 1 aromatic heterocycles. The molecule has 1 saturated heterocycles. The Morgan fingerprint density at radius 1 is 1.03 bits per heavy atom. The second kappa shape index (κ2) is 13.0. The number of fused-ring (bicyclic) bond motifs is 1. The summed E-state index contributed by atoms with van der Waals surface area (Å²) < 4.78 is 7.94.